The van der Waals surface area contributed by atoms with Crippen molar-refractivity contribution in [3.05, 3.63) is 35.5 Å². The van der Waals surface area contributed by atoms with E-state index < -0.39 is 0 Å². The van der Waals surface area contributed by atoms with Gasteiger partial charge in [0.1, 0.15) is 17.2 Å². The lowest BCUT2D eigenvalue weighted by atomic mass is 10.0. The molecule has 4 rings (SSSR count). The van der Waals surface area contributed by atoms with Gasteiger partial charge in [0.25, 0.3) is 5.91 Å². The Hall–Kier alpha value is -2.48. The monoisotopic (exact) mass is 400 g/mol. The molecular weight excluding hydrogens is 371 g/mol. The van der Waals surface area contributed by atoms with Gasteiger partial charge in [-0.2, -0.15) is 5.10 Å². The number of rotatable bonds is 4. The number of carbonyl (C=O) groups is 1. The molecule has 2 aromatic heterocycles. The van der Waals surface area contributed by atoms with E-state index in [0.29, 0.717) is 11.4 Å². The van der Waals surface area contributed by atoms with Crippen molar-refractivity contribution < 1.29 is 9.18 Å². The highest BCUT2D eigenvalue weighted by atomic mass is 19.1. The van der Waals surface area contributed by atoms with Gasteiger partial charge in [-0.15, -0.1) is 0 Å². The number of aromatic nitrogens is 3. The number of aryl methyl sites for hydroxylation is 1. The molecule has 1 aliphatic carbocycles. The SMILES string of the molecule is Cn1ncc(NC(=O)c2ccc(F)c(C3CCCC3)n2)c1N1CCC[C@@H](N)CC1. The summed E-state index contributed by atoms with van der Waals surface area (Å²) < 4.78 is 16.0. The minimum absolute atomic E-state index is 0.109. The Morgan fingerprint density at radius 2 is 1.97 bits per heavy atom. The fourth-order valence-corrected chi connectivity index (χ4v) is 4.48. The molecule has 1 saturated carbocycles. The normalized spacial score (nSPS) is 20.7. The summed E-state index contributed by atoms with van der Waals surface area (Å²) in [6.45, 7) is 1.70. The van der Waals surface area contributed by atoms with Crippen molar-refractivity contribution in [2.24, 2.45) is 12.8 Å². The van der Waals surface area contributed by atoms with Crippen LogP contribution in [0.2, 0.25) is 0 Å². The first-order valence-corrected chi connectivity index (χ1v) is 10.5. The molecule has 3 N–H and O–H groups in total. The van der Waals surface area contributed by atoms with Crippen LogP contribution in [0.4, 0.5) is 15.9 Å². The zero-order chi connectivity index (χ0) is 20.4. The number of pyridine rings is 1. The number of amides is 1. The molecule has 0 radical (unpaired) electrons. The van der Waals surface area contributed by atoms with Crippen LogP contribution >= 0.6 is 0 Å². The molecule has 1 aliphatic heterocycles. The second kappa shape index (κ2) is 8.49. The Balaban J connectivity index is 1.54. The van der Waals surface area contributed by atoms with Gasteiger partial charge in [-0.3, -0.25) is 9.48 Å². The first-order valence-electron chi connectivity index (χ1n) is 10.5. The van der Waals surface area contributed by atoms with Crippen LogP contribution in [-0.2, 0) is 7.05 Å². The molecule has 2 aliphatic rings. The molecule has 29 heavy (non-hydrogen) atoms. The summed E-state index contributed by atoms with van der Waals surface area (Å²) in [7, 11) is 1.87. The van der Waals surface area contributed by atoms with Gasteiger partial charge in [0.2, 0.25) is 0 Å². The lowest BCUT2D eigenvalue weighted by Gasteiger charge is -2.24. The van der Waals surface area contributed by atoms with Crippen LogP contribution in [0.25, 0.3) is 0 Å². The predicted octanol–water partition coefficient (Wildman–Crippen LogP) is 3.18. The number of anilines is 2. The quantitative estimate of drug-likeness (QED) is 0.823. The molecule has 1 atom stereocenters. The van der Waals surface area contributed by atoms with Crippen LogP contribution in [0.3, 0.4) is 0 Å². The number of hydrogen-bond donors (Lipinski definition) is 2. The lowest BCUT2D eigenvalue weighted by molar-refractivity contribution is 0.102. The van der Waals surface area contributed by atoms with E-state index in [1.54, 1.807) is 10.9 Å². The zero-order valence-corrected chi connectivity index (χ0v) is 16.9. The van der Waals surface area contributed by atoms with Crippen molar-refractivity contribution in [2.45, 2.75) is 56.9 Å². The Kier molecular flexibility index (Phi) is 5.80. The Morgan fingerprint density at radius 3 is 2.76 bits per heavy atom. The summed E-state index contributed by atoms with van der Waals surface area (Å²) in [4.78, 5) is 19.5. The molecule has 0 bridgehead atoms. The second-order valence-corrected chi connectivity index (χ2v) is 8.18. The molecule has 0 unspecified atom stereocenters. The van der Waals surface area contributed by atoms with Crippen molar-refractivity contribution >= 4 is 17.4 Å². The highest BCUT2D eigenvalue weighted by Gasteiger charge is 2.25. The smallest absolute Gasteiger partial charge is 0.274 e. The van der Waals surface area contributed by atoms with Crippen LogP contribution in [-0.4, -0.2) is 39.8 Å². The second-order valence-electron chi connectivity index (χ2n) is 8.18. The van der Waals surface area contributed by atoms with E-state index in [-0.39, 0.29) is 29.4 Å². The van der Waals surface area contributed by atoms with Crippen LogP contribution in [0.15, 0.2) is 18.3 Å². The number of nitrogens with two attached hydrogens (primary N) is 1. The first kappa shape index (κ1) is 19.8. The average Bonchev–Trinajstić information content (AvgIpc) is 3.30. The molecule has 156 valence electrons. The molecule has 7 nitrogen and oxygen atoms in total. The van der Waals surface area contributed by atoms with Gasteiger partial charge in [0, 0.05) is 32.1 Å². The Bertz CT molecular complexity index is 876. The molecule has 1 amide bonds. The van der Waals surface area contributed by atoms with Crippen LogP contribution in [0.1, 0.15) is 67.0 Å². The Labute approximate surface area is 170 Å². The standard InChI is InChI=1S/C21H29FN6O/c1-27-21(28-11-4-7-15(23)10-12-28)18(13-24-27)26-20(29)17-9-8-16(22)19(25-17)14-5-2-3-6-14/h8-9,13-15H,2-7,10-12,23H2,1H3,(H,26,29)/t15-/m1/s1. The maximum absolute atomic E-state index is 14.3. The van der Waals surface area contributed by atoms with E-state index in [1.165, 1.54) is 12.1 Å². The maximum atomic E-state index is 14.3. The van der Waals surface area contributed by atoms with Crippen LogP contribution in [0.5, 0.6) is 0 Å². The van der Waals surface area contributed by atoms with E-state index in [1.807, 2.05) is 7.05 Å². The number of hydrogen-bond acceptors (Lipinski definition) is 5. The van der Waals surface area contributed by atoms with Crippen LogP contribution < -0.4 is 16.0 Å². The molecule has 8 heteroatoms. The number of halogens is 1. The molecule has 0 aromatic carbocycles. The average molecular weight is 401 g/mol. The van der Waals surface area contributed by atoms with Gasteiger partial charge in [-0.25, -0.2) is 9.37 Å². The van der Waals surface area contributed by atoms with E-state index in [0.717, 1.165) is 63.9 Å². The third-order valence-corrected chi connectivity index (χ3v) is 6.08. The molecule has 3 heterocycles. The summed E-state index contributed by atoms with van der Waals surface area (Å²) in [6, 6.07) is 3.02. The number of nitrogens with one attached hydrogen (secondary N) is 1. The molecule has 2 aromatic rings. The number of nitrogens with zero attached hydrogens (tertiary/aromatic N) is 4. The summed E-state index contributed by atoms with van der Waals surface area (Å²) in [6.07, 6.45) is 8.59. The molecule has 2 fully saturated rings. The largest absolute Gasteiger partial charge is 0.355 e. The molecule has 1 saturated heterocycles. The van der Waals surface area contributed by atoms with Crippen molar-refractivity contribution in [2.75, 3.05) is 23.3 Å². The summed E-state index contributed by atoms with van der Waals surface area (Å²) in [5.74, 6) is 0.310. The lowest BCUT2D eigenvalue weighted by Crippen LogP contribution is -2.29. The summed E-state index contributed by atoms with van der Waals surface area (Å²) in [5, 5.41) is 7.27. The van der Waals surface area contributed by atoms with Gasteiger partial charge in [0.15, 0.2) is 5.82 Å². The summed E-state index contributed by atoms with van der Waals surface area (Å²) in [5.41, 5.74) is 7.40. The Morgan fingerprint density at radius 1 is 1.17 bits per heavy atom. The van der Waals surface area contributed by atoms with Gasteiger partial charge < -0.3 is 16.0 Å². The van der Waals surface area contributed by atoms with Gasteiger partial charge in [-0.1, -0.05) is 12.8 Å². The van der Waals surface area contributed by atoms with Gasteiger partial charge in [0.05, 0.1) is 11.9 Å². The van der Waals surface area contributed by atoms with Crippen molar-refractivity contribution in [3.63, 3.8) is 0 Å². The fraction of sp³-hybridized carbons (Fsp3) is 0.571. The minimum Gasteiger partial charge on any atom is -0.355 e. The number of carbonyl (C=O) groups excluding carboxylic acids is 1. The van der Waals surface area contributed by atoms with Gasteiger partial charge >= 0.3 is 0 Å². The topological polar surface area (TPSA) is 89.1 Å². The van der Waals surface area contributed by atoms with E-state index in [9.17, 15) is 9.18 Å². The first-order chi connectivity index (χ1) is 14.0. The van der Waals surface area contributed by atoms with Crippen molar-refractivity contribution in [1.82, 2.24) is 14.8 Å². The van der Waals surface area contributed by atoms with Crippen molar-refractivity contribution in [1.29, 1.82) is 0 Å². The van der Waals surface area contributed by atoms with Crippen molar-refractivity contribution in [3.8, 4) is 0 Å². The van der Waals surface area contributed by atoms with E-state index in [2.05, 4.69) is 20.3 Å². The van der Waals surface area contributed by atoms with E-state index >= 15 is 0 Å². The zero-order valence-electron chi connectivity index (χ0n) is 16.9. The maximum Gasteiger partial charge on any atom is 0.274 e. The molecular formula is C21H29FN6O. The van der Waals surface area contributed by atoms with E-state index in [4.69, 9.17) is 5.73 Å². The highest BCUT2D eigenvalue weighted by molar-refractivity contribution is 6.04. The van der Waals surface area contributed by atoms with Gasteiger partial charge in [-0.05, 0) is 44.2 Å². The fourth-order valence-electron chi connectivity index (χ4n) is 4.48. The predicted molar refractivity (Wildman–Crippen MR) is 111 cm³/mol. The minimum atomic E-state index is -0.343. The third kappa shape index (κ3) is 4.27. The van der Waals surface area contributed by atoms with Crippen LogP contribution in [0, 0.1) is 5.82 Å². The highest BCUT2D eigenvalue weighted by Crippen LogP contribution is 2.34. The summed E-state index contributed by atoms with van der Waals surface area (Å²) >= 11 is 0. The molecule has 0 spiro atoms. The third-order valence-electron chi connectivity index (χ3n) is 6.08.